The van der Waals surface area contributed by atoms with Gasteiger partial charge >= 0.3 is 0 Å². The second-order valence-electron chi connectivity index (χ2n) is 4.73. The Morgan fingerprint density at radius 3 is 2.52 bits per heavy atom. The Balaban J connectivity index is 2.06. The zero-order valence-electron chi connectivity index (χ0n) is 11.5. The van der Waals surface area contributed by atoms with Crippen LogP contribution in [0.15, 0.2) is 53.0 Å². The molecule has 0 bridgehead atoms. The lowest BCUT2D eigenvalue weighted by molar-refractivity contribution is 0.917. The molecule has 0 aliphatic heterocycles. The van der Waals surface area contributed by atoms with E-state index in [2.05, 4.69) is 20.9 Å². The molecule has 0 aliphatic carbocycles. The number of nitrogens with zero attached hydrogens (tertiary/aromatic N) is 2. The number of aryl methyl sites for hydroxylation is 1. The normalized spacial score (nSPS) is 11.3. The van der Waals surface area contributed by atoms with E-state index in [1.165, 1.54) is 0 Å². The van der Waals surface area contributed by atoms with Crippen LogP contribution in [0.1, 0.15) is 11.3 Å². The van der Waals surface area contributed by atoms with E-state index >= 15 is 0 Å². The number of benzene rings is 2. The fourth-order valence-corrected chi connectivity index (χ4v) is 2.64. The van der Waals surface area contributed by atoms with Crippen molar-refractivity contribution in [1.29, 1.82) is 0 Å². The van der Waals surface area contributed by atoms with Crippen molar-refractivity contribution in [1.82, 2.24) is 9.55 Å². The molecule has 0 saturated heterocycles. The van der Waals surface area contributed by atoms with Gasteiger partial charge in [0.15, 0.2) is 0 Å². The van der Waals surface area contributed by atoms with Crippen molar-refractivity contribution in [2.45, 2.75) is 0 Å². The van der Waals surface area contributed by atoms with Crippen LogP contribution in [0.25, 0.3) is 23.2 Å². The lowest BCUT2D eigenvalue weighted by Gasteiger charge is -2.07. The van der Waals surface area contributed by atoms with Gasteiger partial charge in [-0.05, 0) is 35.9 Å². The predicted octanol–water partition coefficient (Wildman–Crippen LogP) is 5.24. The third kappa shape index (κ3) is 2.96. The summed E-state index contributed by atoms with van der Waals surface area (Å²) in [5.41, 5.74) is 3.92. The fraction of sp³-hybridized carbons (Fsp3) is 0.0588. The van der Waals surface area contributed by atoms with Gasteiger partial charge in [0.2, 0.25) is 0 Å². The number of fused-ring (bicyclic) bond motifs is 1. The molecule has 0 spiro atoms. The van der Waals surface area contributed by atoms with Crippen LogP contribution in [0.4, 0.5) is 0 Å². The number of halogens is 1. The van der Waals surface area contributed by atoms with Gasteiger partial charge in [0, 0.05) is 11.5 Å². The van der Waals surface area contributed by atoms with Crippen molar-refractivity contribution in [2.24, 2.45) is 7.05 Å². The molecule has 1 heterocycles. The molecular weight excluding hydrogens is 344 g/mol. The van der Waals surface area contributed by atoms with Gasteiger partial charge in [-0.1, -0.05) is 58.5 Å². The number of para-hydroxylation sites is 2. The average molecular weight is 357 g/mol. The van der Waals surface area contributed by atoms with Crippen LogP contribution < -0.4 is 0 Å². The first kappa shape index (κ1) is 14.2. The molecule has 0 aliphatic rings. The zero-order chi connectivity index (χ0) is 14.8. The van der Waals surface area contributed by atoms with Crippen LogP contribution in [0.5, 0.6) is 0 Å². The smallest absolute Gasteiger partial charge is 0.132 e. The molecule has 0 amide bonds. The summed E-state index contributed by atoms with van der Waals surface area (Å²) in [6, 6.07) is 16.1. The largest absolute Gasteiger partial charge is 0.332 e. The maximum absolute atomic E-state index is 5.50. The molecule has 104 valence electrons. The highest BCUT2D eigenvalue weighted by atomic mass is 79.9. The highest BCUT2D eigenvalue weighted by molar-refractivity contribution is 9.10. The van der Waals surface area contributed by atoms with E-state index in [9.17, 15) is 0 Å². The Kier molecular flexibility index (Phi) is 3.99. The molecule has 0 fully saturated rings. The highest BCUT2D eigenvalue weighted by Gasteiger charge is 2.02. The topological polar surface area (TPSA) is 17.8 Å². The molecule has 21 heavy (non-hydrogen) atoms. The van der Waals surface area contributed by atoms with Gasteiger partial charge < -0.3 is 4.57 Å². The van der Waals surface area contributed by atoms with Gasteiger partial charge in [-0.3, -0.25) is 0 Å². The van der Waals surface area contributed by atoms with Crippen LogP contribution in [-0.4, -0.2) is 9.55 Å². The molecule has 0 atom stereocenters. The van der Waals surface area contributed by atoms with Crippen molar-refractivity contribution in [2.75, 3.05) is 0 Å². The number of hydrogen-bond donors (Lipinski definition) is 0. The van der Waals surface area contributed by atoms with Crippen molar-refractivity contribution in [3.8, 4) is 0 Å². The van der Waals surface area contributed by atoms with E-state index in [1.807, 2.05) is 72.3 Å². The van der Waals surface area contributed by atoms with Gasteiger partial charge in [0.1, 0.15) is 4.64 Å². The maximum Gasteiger partial charge on any atom is 0.132 e. The van der Waals surface area contributed by atoms with Crippen LogP contribution in [0, 0.1) is 4.64 Å². The third-order valence-electron chi connectivity index (χ3n) is 3.31. The minimum Gasteiger partial charge on any atom is -0.332 e. The van der Waals surface area contributed by atoms with E-state index in [-0.39, 0.29) is 0 Å². The van der Waals surface area contributed by atoms with Crippen molar-refractivity contribution < 1.29 is 0 Å². The van der Waals surface area contributed by atoms with Crippen molar-refractivity contribution in [3.63, 3.8) is 0 Å². The first-order valence-corrected chi connectivity index (χ1v) is 7.75. The Morgan fingerprint density at radius 1 is 1.05 bits per heavy atom. The van der Waals surface area contributed by atoms with Crippen LogP contribution in [0.3, 0.4) is 0 Å². The zero-order valence-corrected chi connectivity index (χ0v) is 13.9. The highest BCUT2D eigenvalue weighted by Crippen LogP contribution is 2.16. The number of rotatable bonds is 2. The minimum absolute atomic E-state index is 0.738. The average Bonchev–Trinajstić information content (AvgIpc) is 2.51. The SMILES string of the molecule is Cn1c(=S)c(C=Cc2ccc(Br)cc2)nc2ccccc21. The lowest BCUT2D eigenvalue weighted by atomic mass is 10.2. The monoisotopic (exact) mass is 356 g/mol. The summed E-state index contributed by atoms with van der Waals surface area (Å²) in [5.74, 6) is 0. The van der Waals surface area contributed by atoms with Gasteiger partial charge in [-0.25, -0.2) is 4.98 Å². The summed E-state index contributed by atoms with van der Waals surface area (Å²) in [4.78, 5) is 4.65. The molecule has 3 rings (SSSR count). The van der Waals surface area contributed by atoms with Gasteiger partial charge in [0.25, 0.3) is 0 Å². The third-order valence-corrected chi connectivity index (χ3v) is 4.32. The summed E-state index contributed by atoms with van der Waals surface area (Å²) >= 11 is 8.93. The number of aromatic nitrogens is 2. The molecule has 1 aromatic heterocycles. The molecule has 2 nitrogen and oxygen atoms in total. The first-order chi connectivity index (χ1) is 10.1. The van der Waals surface area contributed by atoms with Crippen LogP contribution >= 0.6 is 28.1 Å². The second-order valence-corrected chi connectivity index (χ2v) is 6.04. The maximum atomic E-state index is 5.50. The van der Waals surface area contributed by atoms with Gasteiger partial charge in [0.05, 0.1) is 16.7 Å². The summed E-state index contributed by atoms with van der Waals surface area (Å²) in [5, 5.41) is 0. The summed E-state index contributed by atoms with van der Waals surface area (Å²) < 4.78 is 3.81. The predicted molar refractivity (Wildman–Crippen MR) is 94.6 cm³/mol. The van der Waals surface area contributed by atoms with Crippen molar-refractivity contribution in [3.05, 3.63) is 68.9 Å². The molecule has 0 N–H and O–H groups in total. The molecule has 0 unspecified atom stereocenters. The molecule has 3 aromatic rings. The molecule has 2 aromatic carbocycles. The molecule has 0 radical (unpaired) electrons. The van der Waals surface area contributed by atoms with Crippen molar-refractivity contribution >= 4 is 51.3 Å². The van der Waals surface area contributed by atoms with E-state index in [4.69, 9.17) is 12.2 Å². The Morgan fingerprint density at radius 2 is 1.76 bits per heavy atom. The Labute approximate surface area is 136 Å². The quantitative estimate of drug-likeness (QED) is 0.584. The standard InChI is InChI=1S/C17H13BrN2S/c1-20-16-5-3-2-4-14(16)19-15(17(20)21)11-8-12-6-9-13(18)10-7-12/h2-11H,1H3. The summed E-state index contributed by atoms with van der Waals surface area (Å²) in [6.45, 7) is 0. The van der Waals surface area contributed by atoms with Crippen LogP contribution in [0.2, 0.25) is 0 Å². The Hall–Kier alpha value is -1.78. The molecular formula is C17H13BrN2S. The first-order valence-electron chi connectivity index (χ1n) is 6.54. The minimum atomic E-state index is 0.738. The van der Waals surface area contributed by atoms with Gasteiger partial charge in [-0.2, -0.15) is 0 Å². The van der Waals surface area contributed by atoms with Crippen LogP contribution in [-0.2, 0) is 7.05 Å². The molecule has 4 heteroatoms. The second kappa shape index (κ2) is 5.92. The van der Waals surface area contributed by atoms with E-state index in [1.54, 1.807) is 0 Å². The van der Waals surface area contributed by atoms with E-state index in [0.29, 0.717) is 0 Å². The number of hydrogen-bond acceptors (Lipinski definition) is 2. The lowest BCUT2D eigenvalue weighted by Crippen LogP contribution is -1.99. The fourth-order valence-electron chi connectivity index (χ4n) is 2.16. The Bertz CT molecular complexity index is 879. The van der Waals surface area contributed by atoms with E-state index in [0.717, 1.165) is 31.4 Å². The molecule has 0 saturated carbocycles. The van der Waals surface area contributed by atoms with E-state index < -0.39 is 0 Å². The summed E-state index contributed by atoms with van der Waals surface area (Å²) in [7, 11) is 1.98. The summed E-state index contributed by atoms with van der Waals surface area (Å²) in [6.07, 6.45) is 4.00. The van der Waals surface area contributed by atoms with Gasteiger partial charge in [-0.15, -0.1) is 0 Å².